The molecule has 0 aliphatic carbocycles. The van der Waals surface area contributed by atoms with Gasteiger partial charge in [-0.3, -0.25) is 9.69 Å². The highest BCUT2D eigenvalue weighted by molar-refractivity contribution is 6.36. The summed E-state index contributed by atoms with van der Waals surface area (Å²) in [5.74, 6) is 0.742. The molecule has 0 bridgehead atoms. The van der Waals surface area contributed by atoms with E-state index in [-0.39, 0.29) is 5.91 Å². The van der Waals surface area contributed by atoms with Crippen molar-refractivity contribution in [2.75, 3.05) is 42.9 Å². The Kier molecular flexibility index (Phi) is 5.56. The number of carbonyl (C=O) groups excluding carboxylic acids is 1. The molecule has 5 nitrogen and oxygen atoms in total. The molecular weight excluding hydrogens is 347 g/mol. The number of amides is 1. The Labute approximate surface area is 151 Å². The molecule has 0 radical (unpaired) electrons. The van der Waals surface area contributed by atoms with Crippen LogP contribution in [0.3, 0.4) is 0 Å². The number of nitrogens with zero attached hydrogens (tertiary/aromatic N) is 3. The number of piperazine rings is 1. The van der Waals surface area contributed by atoms with Crippen LogP contribution >= 0.6 is 23.2 Å². The maximum atomic E-state index is 12.1. The second-order valence-corrected chi connectivity index (χ2v) is 6.48. The molecule has 0 saturated carbocycles. The summed E-state index contributed by atoms with van der Waals surface area (Å²) in [5.41, 5.74) is 0.818. The lowest BCUT2D eigenvalue weighted by Crippen LogP contribution is -2.49. The molecule has 126 valence electrons. The van der Waals surface area contributed by atoms with Gasteiger partial charge in [-0.05, 0) is 18.2 Å². The van der Waals surface area contributed by atoms with Crippen molar-refractivity contribution < 1.29 is 4.79 Å². The van der Waals surface area contributed by atoms with Gasteiger partial charge in [0.2, 0.25) is 5.91 Å². The minimum absolute atomic E-state index is 0.00250. The fourth-order valence-corrected chi connectivity index (χ4v) is 3.18. The van der Waals surface area contributed by atoms with E-state index in [0.717, 1.165) is 37.7 Å². The van der Waals surface area contributed by atoms with Crippen molar-refractivity contribution in [1.82, 2.24) is 9.88 Å². The van der Waals surface area contributed by atoms with Gasteiger partial charge in [0.1, 0.15) is 5.82 Å². The number of rotatable bonds is 4. The number of hydrogen-bond donors (Lipinski definition) is 1. The lowest BCUT2D eigenvalue weighted by molar-refractivity contribution is -0.117. The van der Waals surface area contributed by atoms with E-state index < -0.39 is 0 Å². The average Bonchev–Trinajstić information content (AvgIpc) is 2.57. The van der Waals surface area contributed by atoms with Gasteiger partial charge in [0.15, 0.2) is 0 Å². The van der Waals surface area contributed by atoms with Crippen LogP contribution in [-0.4, -0.2) is 48.5 Å². The van der Waals surface area contributed by atoms with Gasteiger partial charge in [0.25, 0.3) is 0 Å². The molecule has 1 fully saturated rings. The fourth-order valence-electron chi connectivity index (χ4n) is 2.68. The molecule has 1 aromatic heterocycles. The maximum Gasteiger partial charge on any atom is 0.238 e. The third-order valence-electron chi connectivity index (χ3n) is 3.88. The fraction of sp³-hybridized carbons (Fsp3) is 0.294. The summed E-state index contributed by atoms with van der Waals surface area (Å²) in [6, 6.07) is 11.2. The van der Waals surface area contributed by atoms with E-state index in [1.807, 2.05) is 30.3 Å². The summed E-state index contributed by atoms with van der Waals surface area (Å²) in [5, 5.41) is 3.99. The molecule has 2 heterocycles. The van der Waals surface area contributed by atoms with E-state index in [2.05, 4.69) is 20.1 Å². The maximum absolute atomic E-state index is 12.1. The first-order valence-corrected chi connectivity index (χ1v) is 8.50. The standard InChI is InChI=1S/C17H18Cl2N4O/c18-13-10-15(19)17(20-11-13)23-8-6-22(7-9-23)12-16(24)21-14-4-2-1-3-5-14/h1-5,10-11H,6-9,12H2,(H,21,24). The predicted octanol–water partition coefficient (Wildman–Crippen LogP) is 3.15. The first kappa shape index (κ1) is 17.0. The smallest absolute Gasteiger partial charge is 0.238 e. The summed E-state index contributed by atoms with van der Waals surface area (Å²) < 4.78 is 0. The summed E-state index contributed by atoms with van der Waals surface area (Å²) >= 11 is 12.1. The molecule has 0 atom stereocenters. The van der Waals surface area contributed by atoms with Crippen LogP contribution < -0.4 is 10.2 Å². The summed E-state index contributed by atoms with van der Waals surface area (Å²) in [6.07, 6.45) is 1.60. The Hall–Kier alpha value is -1.82. The zero-order valence-electron chi connectivity index (χ0n) is 13.1. The van der Waals surface area contributed by atoms with Gasteiger partial charge in [-0.15, -0.1) is 0 Å². The van der Waals surface area contributed by atoms with Crippen molar-refractivity contribution >= 4 is 40.6 Å². The van der Waals surface area contributed by atoms with Crippen molar-refractivity contribution in [1.29, 1.82) is 0 Å². The molecule has 24 heavy (non-hydrogen) atoms. The molecule has 1 aromatic carbocycles. The summed E-state index contributed by atoms with van der Waals surface area (Å²) in [6.45, 7) is 3.48. The van der Waals surface area contributed by atoms with Crippen LogP contribution in [0.5, 0.6) is 0 Å². The van der Waals surface area contributed by atoms with Crippen molar-refractivity contribution in [2.24, 2.45) is 0 Å². The minimum atomic E-state index is -0.00250. The first-order chi connectivity index (χ1) is 11.6. The van der Waals surface area contributed by atoms with E-state index in [9.17, 15) is 4.79 Å². The number of hydrogen-bond acceptors (Lipinski definition) is 4. The van der Waals surface area contributed by atoms with E-state index in [1.54, 1.807) is 12.3 Å². The van der Waals surface area contributed by atoms with E-state index >= 15 is 0 Å². The highest BCUT2D eigenvalue weighted by Gasteiger charge is 2.21. The number of para-hydroxylation sites is 1. The van der Waals surface area contributed by atoms with Gasteiger partial charge < -0.3 is 10.2 Å². The van der Waals surface area contributed by atoms with Gasteiger partial charge in [-0.1, -0.05) is 41.4 Å². The number of pyridine rings is 1. The Bertz CT molecular complexity index is 703. The van der Waals surface area contributed by atoms with Crippen LogP contribution in [0, 0.1) is 0 Å². The third-order valence-corrected chi connectivity index (χ3v) is 4.37. The Morgan fingerprint density at radius 3 is 2.50 bits per heavy atom. The van der Waals surface area contributed by atoms with Crippen LogP contribution in [0.25, 0.3) is 0 Å². The molecule has 3 rings (SSSR count). The molecule has 0 spiro atoms. The van der Waals surface area contributed by atoms with Gasteiger partial charge >= 0.3 is 0 Å². The molecule has 1 aliphatic rings. The quantitative estimate of drug-likeness (QED) is 0.905. The second kappa shape index (κ2) is 7.83. The molecule has 1 aliphatic heterocycles. The van der Waals surface area contributed by atoms with Gasteiger partial charge in [0, 0.05) is 38.1 Å². The van der Waals surface area contributed by atoms with Crippen LogP contribution in [-0.2, 0) is 4.79 Å². The zero-order chi connectivity index (χ0) is 16.9. The lowest BCUT2D eigenvalue weighted by Gasteiger charge is -2.35. The Balaban J connectivity index is 1.51. The Morgan fingerprint density at radius 1 is 1.12 bits per heavy atom. The minimum Gasteiger partial charge on any atom is -0.353 e. The van der Waals surface area contributed by atoms with Crippen LogP contribution in [0.2, 0.25) is 10.0 Å². The van der Waals surface area contributed by atoms with Crippen LogP contribution in [0.4, 0.5) is 11.5 Å². The third kappa shape index (κ3) is 4.38. The van der Waals surface area contributed by atoms with Crippen LogP contribution in [0.1, 0.15) is 0 Å². The van der Waals surface area contributed by atoms with E-state index in [4.69, 9.17) is 23.2 Å². The number of halogens is 2. The molecule has 1 N–H and O–H groups in total. The molecule has 1 saturated heterocycles. The predicted molar refractivity (Wildman–Crippen MR) is 98.0 cm³/mol. The zero-order valence-corrected chi connectivity index (χ0v) is 14.6. The molecule has 2 aromatic rings. The number of nitrogens with one attached hydrogen (secondary N) is 1. The van der Waals surface area contributed by atoms with Gasteiger partial charge in [-0.2, -0.15) is 0 Å². The first-order valence-electron chi connectivity index (χ1n) is 7.75. The Morgan fingerprint density at radius 2 is 1.83 bits per heavy atom. The monoisotopic (exact) mass is 364 g/mol. The van der Waals surface area contributed by atoms with E-state index in [0.29, 0.717) is 16.6 Å². The summed E-state index contributed by atoms with van der Waals surface area (Å²) in [4.78, 5) is 20.7. The summed E-state index contributed by atoms with van der Waals surface area (Å²) in [7, 11) is 0. The van der Waals surface area contributed by atoms with Crippen molar-refractivity contribution in [2.45, 2.75) is 0 Å². The normalized spacial score (nSPS) is 15.3. The lowest BCUT2D eigenvalue weighted by atomic mass is 10.3. The van der Waals surface area contributed by atoms with Crippen LogP contribution in [0.15, 0.2) is 42.6 Å². The van der Waals surface area contributed by atoms with Crippen molar-refractivity contribution in [3.05, 3.63) is 52.6 Å². The van der Waals surface area contributed by atoms with Crippen molar-refractivity contribution in [3.63, 3.8) is 0 Å². The molecule has 1 amide bonds. The number of aromatic nitrogens is 1. The topological polar surface area (TPSA) is 48.5 Å². The highest BCUT2D eigenvalue weighted by atomic mass is 35.5. The average molecular weight is 365 g/mol. The second-order valence-electron chi connectivity index (χ2n) is 5.64. The highest BCUT2D eigenvalue weighted by Crippen LogP contribution is 2.26. The number of benzene rings is 1. The largest absolute Gasteiger partial charge is 0.353 e. The van der Waals surface area contributed by atoms with Gasteiger partial charge in [0.05, 0.1) is 16.6 Å². The van der Waals surface area contributed by atoms with Crippen molar-refractivity contribution in [3.8, 4) is 0 Å². The van der Waals surface area contributed by atoms with E-state index in [1.165, 1.54) is 0 Å². The van der Waals surface area contributed by atoms with Gasteiger partial charge in [-0.25, -0.2) is 4.98 Å². The molecular formula is C17H18Cl2N4O. The number of carbonyl (C=O) groups is 1. The molecule has 7 heteroatoms. The number of anilines is 2. The SMILES string of the molecule is O=C(CN1CCN(c2ncc(Cl)cc2Cl)CC1)Nc1ccccc1. The molecule has 0 unspecified atom stereocenters.